The van der Waals surface area contributed by atoms with Gasteiger partial charge >= 0.3 is 0 Å². The van der Waals surface area contributed by atoms with Crippen molar-refractivity contribution >= 4 is 15.9 Å². The van der Waals surface area contributed by atoms with E-state index < -0.39 is 0 Å². The summed E-state index contributed by atoms with van der Waals surface area (Å²) >= 11 is 3.64. The van der Waals surface area contributed by atoms with Crippen LogP contribution in [0.25, 0.3) is 0 Å². The van der Waals surface area contributed by atoms with Gasteiger partial charge in [-0.05, 0) is 55.2 Å². The standard InChI is InChI=1S/C15H24BrN5/c1-6-17-14(15-13(16)9-18-21(15)7-2)8-12-10(3)19-20(5)11(12)4/h9,14,17H,6-8H2,1-5H3. The second kappa shape index (κ2) is 6.75. The maximum absolute atomic E-state index is 4.52. The lowest BCUT2D eigenvalue weighted by Gasteiger charge is -2.20. The first-order chi connectivity index (χ1) is 9.99. The Morgan fingerprint density at radius 1 is 1.33 bits per heavy atom. The third-order valence-corrected chi connectivity index (χ3v) is 4.59. The molecule has 2 rings (SSSR count). The number of nitrogens with one attached hydrogen (secondary N) is 1. The smallest absolute Gasteiger partial charge is 0.0698 e. The highest BCUT2D eigenvalue weighted by molar-refractivity contribution is 9.10. The lowest BCUT2D eigenvalue weighted by atomic mass is 10.0. The summed E-state index contributed by atoms with van der Waals surface area (Å²) in [4.78, 5) is 0. The van der Waals surface area contributed by atoms with Gasteiger partial charge in [-0.15, -0.1) is 0 Å². The predicted octanol–water partition coefficient (Wildman–Crippen LogP) is 2.91. The van der Waals surface area contributed by atoms with Crippen LogP contribution >= 0.6 is 15.9 Å². The van der Waals surface area contributed by atoms with Gasteiger partial charge in [0.1, 0.15) is 0 Å². The minimum atomic E-state index is 0.230. The molecule has 0 aliphatic heterocycles. The molecule has 2 heterocycles. The van der Waals surface area contributed by atoms with Crippen LogP contribution in [0.1, 0.15) is 42.5 Å². The van der Waals surface area contributed by atoms with E-state index in [4.69, 9.17) is 0 Å². The minimum Gasteiger partial charge on any atom is -0.309 e. The Morgan fingerprint density at radius 2 is 2.05 bits per heavy atom. The molecule has 0 aromatic carbocycles. The molecule has 0 spiro atoms. The van der Waals surface area contributed by atoms with Crippen molar-refractivity contribution in [3.8, 4) is 0 Å². The fourth-order valence-electron chi connectivity index (χ4n) is 2.80. The molecule has 0 amide bonds. The van der Waals surface area contributed by atoms with Crippen LogP contribution in [0.4, 0.5) is 0 Å². The number of aryl methyl sites for hydroxylation is 3. The van der Waals surface area contributed by atoms with Crippen LogP contribution in [0, 0.1) is 13.8 Å². The molecule has 116 valence electrons. The van der Waals surface area contributed by atoms with E-state index in [0.717, 1.165) is 29.7 Å². The third kappa shape index (κ3) is 3.21. The van der Waals surface area contributed by atoms with Gasteiger partial charge in [-0.1, -0.05) is 6.92 Å². The summed E-state index contributed by atoms with van der Waals surface area (Å²) in [6.07, 6.45) is 2.80. The van der Waals surface area contributed by atoms with Crippen LogP contribution in [0.2, 0.25) is 0 Å². The number of hydrogen-bond acceptors (Lipinski definition) is 3. The molecule has 0 aliphatic carbocycles. The first-order valence-corrected chi connectivity index (χ1v) is 8.22. The Labute approximate surface area is 134 Å². The lowest BCUT2D eigenvalue weighted by Crippen LogP contribution is -2.26. The van der Waals surface area contributed by atoms with Gasteiger partial charge in [0, 0.05) is 19.3 Å². The Kier molecular flexibility index (Phi) is 5.22. The van der Waals surface area contributed by atoms with Crippen LogP contribution in [0.3, 0.4) is 0 Å². The fourth-order valence-corrected chi connectivity index (χ4v) is 3.37. The number of rotatable bonds is 6. The molecular weight excluding hydrogens is 330 g/mol. The van der Waals surface area contributed by atoms with Crippen molar-refractivity contribution in [2.45, 2.75) is 46.7 Å². The molecule has 6 heteroatoms. The number of hydrogen-bond donors (Lipinski definition) is 1. The van der Waals surface area contributed by atoms with Crippen molar-refractivity contribution in [3.05, 3.63) is 33.3 Å². The van der Waals surface area contributed by atoms with Gasteiger partial charge in [-0.3, -0.25) is 9.36 Å². The van der Waals surface area contributed by atoms with Gasteiger partial charge in [-0.25, -0.2) is 0 Å². The van der Waals surface area contributed by atoms with E-state index in [1.165, 1.54) is 17.0 Å². The van der Waals surface area contributed by atoms with E-state index >= 15 is 0 Å². The summed E-state index contributed by atoms with van der Waals surface area (Å²) in [6, 6.07) is 0.230. The van der Waals surface area contributed by atoms with Crippen molar-refractivity contribution in [2.24, 2.45) is 7.05 Å². The molecule has 0 aliphatic rings. The van der Waals surface area contributed by atoms with Crippen molar-refractivity contribution in [2.75, 3.05) is 6.54 Å². The topological polar surface area (TPSA) is 47.7 Å². The Balaban J connectivity index is 2.37. The number of aromatic nitrogens is 4. The highest BCUT2D eigenvalue weighted by Crippen LogP contribution is 2.28. The van der Waals surface area contributed by atoms with E-state index in [1.54, 1.807) is 0 Å². The Bertz CT molecular complexity index is 614. The average Bonchev–Trinajstić information content (AvgIpc) is 2.93. The Hall–Kier alpha value is -1.14. The van der Waals surface area contributed by atoms with E-state index in [2.05, 4.69) is 63.8 Å². The van der Waals surface area contributed by atoms with Gasteiger partial charge in [-0.2, -0.15) is 10.2 Å². The molecule has 1 unspecified atom stereocenters. The molecule has 0 fully saturated rings. The van der Waals surface area contributed by atoms with Crippen LogP contribution in [0.5, 0.6) is 0 Å². The molecule has 5 nitrogen and oxygen atoms in total. The first kappa shape index (κ1) is 16.2. The molecule has 0 radical (unpaired) electrons. The van der Waals surface area contributed by atoms with Gasteiger partial charge in [0.25, 0.3) is 0 Å². The monoisotopic (exact) mass is 353 g/mol. The van der Waals surface area contributed by atoms with Gasteiger partial charge in [0.15, 0.2) is 0 Å². The summed E-state index contributed by atoms with van der Waals surface area (Å²) in [5.74, 6) is 0. The molecule has 1 atom stereocenters. The highest BCUT2D eigenvalue weighted by Gasteiger charge is 2.22. The summed E-state index contributed by atoms with van der Waals surface area (Å²) in [5, 5.41) is 12.5. The highest BCUT2D eigenvalue weighted by atomic mass is 79.9. The Morgan fingerprint density at radius 3 is 2.57 bits per heavy atom. The van der Waals surface area contributed by atoms with Gasteiger partial charge in [0.2, 0.25) is 0 Å². The SMILES string of the molecule is CCNC(Cc1c(C)nn(C)c1C)c1c(Br)cnn1CC. The quantitative estimate of drug-likeness (QED) is 0.868. The zero-order valence-corrected chi connectivity index (χ0v) is 15.0. The molecule has 2 aromatic rings. The van der Waals surface area contributed by atoms with Crippen LogP contribution in [-0.4, -0.2) is 26.1 Å². The fraction of sp³-hybridized carbons (Fsp3) is 0.600. The molecular formula is C15H24BrN5. The molecule has 21 heavy (non-hydrogen) atoms. The molecule has 0 saturated carbocycles. The largest absolute Gasteiger partial charge is 0.309 e. The molecule has 0 saturated heterocycles. The maximum Gasteiger partial charge on any atom is 0.0698 e. The van der Waals surface area contributed by atoms with E-state index in [1.807, 2.05) is 17.9 Å². The molecule has 2 aromatic heterocycles. The predicted molar refractivity (Wildman–Crippen MR) is 88.4 cm³/mol. The number of likely N-dealkylation sites (N-methyl/N-ethyl adjacent to an activating group) is 1. The first-order valence-electron chi connectivity index (χ1n) is 7.43. The van der Waals surface area contributed by atoms with E-state index in [-0.39, 0.29) is 6.04 Å². The van der Waals surface area contributed by atoms with E-state index in [9.17, 15) is 0 Å². The van der Waals surface area contributed by atoms with Crippen molar-refractivity contribution < 1.29 is 0 Å². The van der Waals surface area contributed by atoms with Crippen molar-refractivity contribution in [1.82, 2.24) is 24.9 Å². The summed E-state index contributed by atoms with van der Waals surface area (Å²) in [6.45, 7) is 10.3. The average molecular weight is 354 g/mol. The van der Waals surface area contributed by atoms with Crippen LogP contribution in [-0.2, 0) is 20.0 Å². The van der Waals surface area contributed by atoms with Crippen LogP contribution < -0.4 is 5.32 Å². The number of halogens is 1. The lowest BCUT2D eigenvalue weighted by molar-refractivity contribution is 0.487. The normalized spacial score (nSPS) is 12.9. The second-order valence-electron chi connectivity index (χ2n) is 5.28. The molecule has 1 N–H and O–H groups in total. The zero-order valence-electron chi connectivity index (χ0n) is 13.4. The maximum atomic E-state index is 4.52. The molecule has 0 bridgehead atoms. The minimum absolute atomic E-state index is 0.230. The summed E-state index contributed by atoms with van der Waals surface area (Å²) in [7, 11) is 2.00. The third-order valence-electron chi connectivity index (χ3n) is 3.98. The zero-order chi connectivity index (χ0) is 15.6. The summed E-state index contributed by atoms with van der Waals surface area (Å²) in [5.41, 5.74) is 4.87. The van der Waals surface area contributed by atoms with Crippen molar-refractivity contribution in [3.63, 3.8) is 0 Å². The van der Waals surface area contributed by atoms with Crippen LogP contribution in [0.15, 0.2) is 10.7 Å². The number of nitrogens with zero attached hydrogens (tertiary/aromatic N) is 4. The van der Waals surface area contributed by atoms with Gasteiger partial charge < -0.3 is 5.32 Å². The van der Waals surface area contributed by atoms with Crippen molar-refractivity contribution in [1.29, 1.82) is 0 Å². The van der Waals surface area contributed by atoms with E-state index in [0.29, 0.717) is 0 Å². The summed E-state index contributed by atoms with van der Waals surface area (Å²) < 4.78 is 5.08. The second-order valence-corrected chi connectivity index (χ2v) is 6.14. The van der Waals surface area contributed by atoms with Gasteiger partial charge in [0.05, 0.1) is 28.1 Å².